The molecule has 6 nitrogen and oxygen atoms in total. The van der Waals surface area contributed by atoms with Crippen LogP contribution in [-0.4, -0.2) is 25.1 Å². The first kappa shape index (κ1) is 20.8. The molecule has 0 saturated carbocycles. The number of benzene rings is 2. The Morgan fingerprint density at radius 3 is 2.58 bits per heavy atom. The third-order valence-corrected chi connectivity index (χ3v) is 5.29. The van der Waals surface area contributed by atoms with Crippen molar-refractivity contribution in [2.75, 3.05) is 19.1 Å². The Hall–Kier alpha value is -3.51. The number of hydrogen-bond donors (Lipinski definition) is 0. The molecule has 0 radical (unpaired) electrons. The number of carbonyl (C=O) groups excluding carboxylic acids is 1. The molecule has 0 unspecified atom stereocenters. The van der Waals surface area contributed by atoms with Gasteiger partial charge in [0, 0.05) is 22.2 Å². The highest BCUT2D eigenvalue weighted by Crippen LogP contribution is 2.31. The Kier molecular flexibility index (Phi) is 5.82. The van der Waals surface area contributed by atoms with Gasteiger partial charge < -0.3 is 13.9 Å². The summed E-state index contributed by atoms with van der Waals surface area (Å²) in [6, 6.07) is 16.3. The molecule has 0 spiro atoms. The predicted octanol–water partition coefficient (Wildman–Crippen LogP) is 5.65. The predicted molar refractivity (Wildman–Crippen MR) is 120 cm³/mol. The van der Waals surface area contributed by atoms with E-state index in [1.807, 2.05) is 31.2 Å². The van der Waals surface area contributed by atoms with Crippen LogP contribution in [0, 0.1) is 6.92 Å². The Bertz CT molecular complexity index is 1240. The number of amides is 1. The number of halogens is 1. The van der Waals surface area contributed by atoms with Crippen molar-refractivity contribution in [1.29, 1.82) is 0 Å². The number of nitrogens with zero attached hydrogens (tertiary/aromatic N) is 2. The summed E-state index contributed by atoms with van der Waals surface area (Å²) in [7, 11) is 3.16. The molecule has 4 aromatic rings. The van der Waals surface area contributed by atoms with Crippen molar-refractivity contribution >= 4 is 34.3 Å². The Morgan fingerprint density at radius 2 is 1.87 bits per heavy atom. The molecular weight excluding hydrogens is 416 g/mol. The van der Waals surface area contributed by atoms with Crippen molar-refractivity contribution in [3.63, 3.8) is 0 Å². The topological polar surface area (TPSA) is 64.8 Å². The van der Waals surface area contributed by atoms with Gasteiger partial charge in [-0.1, -0.05) is 23.7 Å². The summed E-state index contributed by atoms with van der Waals surface area (Å²) in [6.07, 6.45) is 1.65. The molecule has 4 rings (SSSR count). The van der Waals surface area contributed by atoms with E-state index in [0.717, 1.165) is 16.5 Å². The number of furan rings is 1. The summed E-state index contributed by atoms with van der Waals surface area (Å²) in [4.78, 5) is 19.6. The molecule has 0 saturated heterocycles. The number of methoxy groups -OCH3 is 2. The van der Waals surface area contributed by atoms with Gasteiger partial charge in [0.05, 0.1) is 20.8 Å². The second-order valence-corrected chi connectivity index (χ2v) is 7.40. The molecule has 0 bridgehead atoms. The van der Waals surface area contributed by atoms with Crippen LogP contribution in [-0.2, 0) is 6.54 Å². The molecule has 0 N–H and O–H groups in total. The zero-order chi connectivity index (χ0) is 22.0. The minimum absolute atomic E-state index is 0.253. The van der Waals surface area contributed by atoms with Gasteiger partial charge in [-0.15, -0.1) is 0 Å². The summed E-state index contributed by atoms with van der Waals surface area (Å²) < 4.78 is 16.6. The van der Waals surface area contributed by atoms with E-state index in [-0.39, 0.29) is 18.2 Å². The summed E-state index contributed by atoms with van der Waals surface area (Å²) in [5.74, 6) is 1.68. The highest BCUT2D eigenvalue weighted by molar-refractivity contribution is 6.31. The van der Waals surface area contributed by atoms with Crippen molar-refractivity contribution in [1.82, 2.24) is 4.98 Å². The molecule has 1 amide bonds. The number of anilines is 1. The number of aryl methyl sites for hydroxylation is 1. The van der Waals surface area contributed by atoms with Crippen molar-refractivity contribution in [2.45, 2.75) is 13.5 Å². The van der Waals surface area contributed by atoms with E-state index < -0.39 is 0 Å². The number of pyridine rings is 1. The average molecular weight is 437 g/mol. The van der Waals surface area contributed by atoms with E-state index in [9.17, 15) is 4.79 Å². The minimum Gasteiger partial charge on any atom is -0.493 e. The molecule has 158 valence electrons. The first-order valence-corrected chi connectivity index (χ1v) is 10.0. The number of carbonyl (C=O) groups is 1. The van der Waals surface area contributed by atoms with Gasteiger partial charge in [-0.3, -0.25) is 9.69 Å². The van der Waals surface area contributed by atoms with Crippen LogP contribution in [0.4, 0.5) is 5.82 Å². The van der Waals surface area contributed by atoms with E-state index in [0.29, 0.717) is 27.9 Å². The van der Waals surface area contributed by atoms with Gasteiger partial charge in [0.2, 0.25) is 0 Å². The standard InChI is InChI=1S/C24H21ClN2O4/c1-15-18-13-17(25)8-10-19(18)31-23(15)24(28)27(22-6-4-5-11-26-22)14-16-7-9-20(29-2)21(12-16)30-3/h4-13H,14H2,1-3H3. The lowest BCUT2D eigenvalue weighted by Crippen LogP contribution is -2.31. The fourth-order valence-corrected chi connectivity index (χ4v) is 3.62. The highest BCUT2D eigenvalue weighted by Gasteiger charge is 2.26. The molecule has 2 aromatic heterocycles. The zero-order valence-corrected chi connectivity index (χ0v) is 18.1. The molecule has 2 aromatic carbocycles. The van der Waals surface area contributed by atoms with Gasteiger partial charge in [-0.2, -0.15) is 0 Å². The number of rotatable bonds is 6. The van der Waals surface area contributed by atoms with Gasteiger partial charge in [0.25, 0.3) is 5.91 Å². The lowest BCUT2D eigenvalue weighted by atomic mass is 10.1. The fourth-order valence-electron chi connectivity index (χ4n) is 3.45. The van der Waals surface area contributed by atoms with Crippen LogP contribution in [0.25, 0.3) is 11.0 Å². The third-order valence-electron chi connectivity index (χ3n) is 5.05. The molecule has 0 aliphatic carbocycles. The molecule has 0 fully saturated rings. The fraction of sp³-hybridized carbons (Fsp3) is 0.167. The summed E-state index contributed by atoms with van der Waals surface area (Å²) in [5.41, 5.74) is 2.20. The second kappa shape index (κ2) is 8.70. The molecule has 0 aliphatic heterocycles. The molecule has 31 heavy (non-hydrogen) atoms. The lowest BCUT2D eigenvalue weighted by molar-refractivity contribution is 0.0959. The van der Waals surface area contributed by atoms with Crippen molar-refractivity contribution in [3.8, 4) is 11.5 Å². The number of aromatic nitrogens is 1. The minimum atomic E-state index is -0.293. The summed E-state index contributed by atoms with van der Waals surface area (Å²) in [6.45, 7) is 2.12. The van der Waals surface area contributed by atoms with Crippen molar-refractivity contribution in [3.05, 3.63) is 82.7 Å². The van der Waals surface area contributed by atoms with E-state index in [1.165, 1.54) is 0 Å². The van der Waals surface area contributed by atoms with Crippen LogP contribution in [0.5, 0.6) is 11.5 Å². The first-order valence-electron chi connectivity index (χ1n) is 9.64. The lowest BCUT2D eigenvalue weighted by Gasteiger charge is -2.21. The summed E-state index contributed by atoms with van der Waals surface area (Å²) in [5, 5.41) is 1.39. The van der Waals surface area contributed by atoms with Gasteiger partial charge in [-0.25, -0.2) is 4.98 Å². The Morgan fingerprint density at radius 1 is 1.06 bits per heavy atom. The average Bonchev–Trinajstić information content (AvgIpc) is 3.13. The normalized spacial score (nSPS) is 10.8. The largest absolute Gasteiger partial charge is 0.493 e. The molecular formula is C24H21ClN2O4. The number of ether oxygens (including phenoxy) is 2. The SMILES string of the molecule is COc1ccc(CN(C(=O)c2oc3ccc(Cl)cc3c2C)c2ccccn2)cc1OC. The van der Waals surface area contributed by atoms with Crippen LogP contribution >= 0.6 is 11.6 Å². The molecule has 7 heteroatoms. The third kappa shape index (κ3) is 4.07. The van der Waals surface area contributed by atoms with Crippen LogP contribution in [0.2, 0.25) is 5.02 Å². The maximum Gasteiger partial charge on any atom is 0.295 e. The molecule has 2 heterocycles. The van der Waals surface area contributed by atoms with Crippen LogP contribution in [0.1, 0.15) is 21.7 Å². The van der Waals surface area contributed by atoms with Gasteiger partial charge in [0.1, 0.15) is 11.4 Å². The first-order chi connectivity index (χ1) is 15.0. The van der Waals surface area contributed by atoms with E-state index >= 15 is 0 Å². The van der Waals surface area contributed by atoms with Crippen LogP contribution in [0.15, 0.2) is 65.2 Å². The molecule has 0 aliphatic rings. The quantitative estimate of drug-likeness (QED) is 0.390. The van der Waals surface area contributed by atoms with Crippen molar-refractivity contribution < 1.29 is 18.7 Å². The maximum absolute atomic E-state index is 13.6. The monoisotopic (exact) mass is 436 g/mol. The maximum atomic E-state index is 13.6. The smallest absolute Gasteiger partial charge is 0.295 e. The highest BCUT2D eigenvalue weighted by atomic mass is 35.5. The van der Waals surface area contributed by atoms with Gasteiger partial charge in [-0.05, 0) is 55.0 Å². The Balaban J connectivity index is 1.76. The van der Waals surface area contributed by atoms with E-state index in [1.54, 1.807) is 55.6 Å². The van der Waals surface area contributed by atoms with E-state index in [2.05, 4.69) is 4.98 Å². The second-order valence-electron chi connectivity index (χ2n) is 6.97. The van der Waals surface area contributed by atoms with Crippen molar-refractivity contribution in [2.24, 2.45) is 0 Å². The molecule has 0 atom stereocenters. The van der Waals surface area contributed by atoms with Crippen LogP contribution < -0.4 is 14.4 Å². The Labute approximate surface area is 185 Å². The number of fused-ring (bicyclic) bond motifs is 1. The zero-order valence-electron chi connectivity index (χ0n) is 17.4. The van der Waals surface area contributed by atoms with Gasteiger partial charge in [0.15, 0.2) is 17.3 Å². The number of hydrogen-bond acceptors (Lipinski definition) is 5. The van der Waals surface area contributed by atoms with Gasteiger partial charge >= 0.3 is 0 Å². The van der Waals surface area contributed by atoms with E-state index in [4.69, 9.17) is 25.5 Å². The van der Waals surface area contributed by atoms with Crippen LogP contribution in [0.3, 0.4) is 0 Å². The summed E-state index contributed by atoms with van der Waals surface area (Å²) >= 11 is 6.13.